The Morgan fingerprint density at radius 1 is 1.16 bits per heavy atom. The summed E-state index contributed by atoms with van der Waals surface area (Å²) in [6.07, 6.45) is 1.84. The van der Waals surface area contributed by atoms with Crippen LogP contribution in [0.1, 0.15) is 4.79 Å². The minimum absolute atomic E-state index is 0.412. The molecular formula is C13H8N4O2. The predicted molar refractivity (Wildman–Crippen MR) is 68.8 cm³/mol. The SMILES string of the molecule is O=C1Nc2cc(-c3c[nH]c4ccccc34)nn2C1=O. The third-order valence-electron chi connectivity index (χ3n) is 3.20. The van der Waals surface area contributed by atoms with E-state index in [1.807, 2.05) is 30.5 Å². The van der Waals surface area contributed by atoms with Gasteiger partial charge in [-0.25, -0.2) is 0 Å². The van der Waals surface area contributed by atoms with Gasteiger partial charge >= 0.3 is 11.8 Å². The molecule has 3 aromatic rings. The molecular weight excluding hydrogens is 244 g/mol. The van der Waals surface area contributed by atoms with Gasteiger partial charge in [0.1, 0.15) is 5.82 Å². The quantitative estimate of drug-likeness (QED) is 0.646. The first kappa shape index (κ1) is 10.1. The van der Waals surface area contributed by atoms with Crippen molar-refractivity contribution in [1.29, 1.82) is 0 Å². The lowest BCUT2D eigenvalue weighted by Crippen LogP contribution is -2.17. The molecule has 0 saturated carbocycles. The number of benzene rings is 1. The molecule has 0 fully saturated rings. The zero-order valence-electron chi connectivity index (χ0n) is 9.68. The fourth-order valence-electron chi connectivity index (χ4n) is 2.31. The molecule has 0 unspecified atom stereocenters. The number of para-hydroxylation sites is 1. The van der Waals surface area contributed by atoms with Gasteiger partial charge in [-0.2, -0.15) is 9.78 Å². The number of anilines is 1. The Morgan fingerprint density at radius 2 is 2.00 bits per heavy atom. The lowest BCUT2D eigenvalue weighted by Gasteiger charge is -1.94. The third kappa shape index (κ3) is 1.28. The smallest absolute Gasteiger partial charge is 0.338 e. The van der Waals surface area contributed by atoms with Gasteiger partial charge in [0.15, 0.2) is 0 Å². The Morgan fingerprint density at radius 3 is 2.84 bits per heavy atom. The zero-order chi connectivity index (χ0) is 13.0. The number of rotatable bonds is 1. The molecule has 0 spiro atoms. The fraction of sp³-hybridized carbons (Fsp3) is 0. The van der Waals surface area contributed by atoms with Crippen molar-refractivity contribution < 1.29 is 9.59 Å². The molecule has 2 aromatic heterocycles. The number of aromatic nitrogens is 3. The molecule has 0 radical (unpaired) electrons. The van der Waals surface area contributed by atoms with Crippen molar-refractivity contribution in [1.82, 2.24) is 14.8 Å². The Kier molecular flexibility index (Phi) is 1.76. The number of hydrogen-bond acceptors (Lipinski definition) is 3. The second kappa shape index (κ2) is 3.32. The predicted octanol–water partition coefficient (Wildman–Crippen LogP) is 1.62. The summed E-state index contributed by atoms with van der Waals surface area (Å²) >= 11 is 0. The first-order valence-electron chi connectivity index (χ1n) is 5.76. The fourth-order valence-corrected chi connectivity index (χ4v) is 2.31. The van der Waals surface area contributed by atoms with Gasteiger partial charge in [-0.3, -0.25) is 9.59 Å². The van der Waals surface area contributed by atoms with Crippen LogP contribution >= 0.6 is 0 Å². The van der Waals surface area contributed by atoms with Gasteiger partial charge in [0.05, 0.1) is 5.69 Å². The minimum atomic E-state index is -0.652. The van der Waals surface area contributed by atoms with Gasteiger partial charge in [0.2, 0.25) is 0 Å². The Labute approximate surface area is 107 Å². The van der Waals surface area contributed by atoms with E-state index in [0.717, 1.165) is 21.1 Å². The minimum Gasteiger partial charge on any atom is -0.360 e. The van der Waals surface area contributed by atoms with E-state index in [0.29, 0.717) is 11.5 Å². The molecule has 4 rings (SSSR count). The number of nitrogens with one attached hydrogen (secondary N) is 2. The van der Waals surface area contributed by atoms with Crippen molar-refractivity contribution in [2.24, 2.45) is 0 Å². The molecule has 6 nitrogen and oxygen atoms in total. The molecule has 1 aliphatic heterocycles. The van der Waals surface area contributed by atoms with E-state index in [2.05, 4.69) is 15.4 Å². The largest absolute Gasteiger partial charge is 0.360 e. The van der Waals surface area contributed by atoms with Crippen LogP contribution in [-0.2, 0) is 4.79 Å². The van der Waals surface area contributed by atoms with Gasteiger partial charge < -0.3 is 10.3 Å². The first-order valence-corrected chi connectivity index (χ1v) is 5.76. The summed E-state index contributed by atoms with van der Waals surface area (Å²) in [4.78, 5) is 25.8. The number of carbonyl (C=O) groups is 2. The van der Waals surface area contributed by atoms with E-state index in [1.54, 1.807) is 6.07 Å². The summed E-state index contributed by atoms with van der Waals surface area (Å²) in [5.41, 5.74) is 2.56. The lowest BCUT2D eigenvalue weighted by atomic mass is 10.1. The highest BCUT2D eigenvalue weighted by molar-refractivity contribution is 6.43. The van der Waals surface area contributed by atoms with Crippen molar-refractivity contribution in [2.75, 3.05) is 5.32 Å². The Hall–Kier alpha value is -2.89. The standard InChI is InChI=1S/C13H8N4O2/c18-12-13(19)17-11(15-12)5-10(16-17)8-6-14-9-4-2-1-3-7(8)9/h1-6,14H,(H,15,18). The number of H-pyrrole nitrogens is 1. The Balaban J connectivity index is 1.91. The summed E-state index contributed by atoms with van der Waals surface area (Å²) in [5.74, 6) is -0.885. The molecule has 0 aliphatic carbocycles. The van der Waals surface area contributed by atoms with Crippen LogP contribution in [0.4, 0.5) is 5.82 Å². The molecule has 0 saturated heterocycles. The second-order valence-corrected chi connectivity index (χ2v) is 4.33. The van der Waals surface area contributed by atoms with E-state index >= 15 is 0 Å². The molecule has 6 heteroatoms. The normalized spacial score (nSPS) is 13.9. The number of fused-ring (bicyclic) bond motifs is 2. The van der Waals surface area contributed by atoms with Crippen LogP contribution < -0.4 is 5.32 Å². The van der Waals surface area contributed by atoms with E-state index in [-0.39, 0.29) is 0 Å². The summed E-state index contributed by atoms with van der Waals surface area (Å²) < 4.78 is 1.10. The average molecular weight is 252 g/mol. The second-order valence-electron chi connectivity index (χ2n) is 4.33. The van der Waals surface area contributed by atoms with Gasteiger partial charge in [-0.05, 0) is 6.07 Å². The van der Waals surface area contributed by atoms with Crippen LogP contribution in [0.25, 0.3) is 22.2 Å². The highest BCUT2D eigenvalue weighted by Gasteiger charge is 2.30. The number of hydrogen-bond donors (Lipinski definition) is 2. The van der Waals surface area contributed by atoms with E-state index in [9.17, 15) is 9.59 Å². The highest BCUT2D eigenvalue weighted by atomic mass is 16.2. The molecule has 92 valence electrons. The summed E-state index contributed by atoms with van der Waals surface area (Å²) in [6.45, 7) is 0. The third-order valence-corrected chi connectivity index (χ3v) is 3.20. The number of aromatic amines is 1. The summed E-state index contributed by atoms with van der Waals surface area (Å²) in [7, 11) is 0. The van der Waals surface area contributed by atoms with Gasteiger partial charge in [-0.15, -0.1) is 0 Å². The van der Waals surface area contributed by atoms with E-state index < -0.39 is 11.8 Å². The van der Waals surface area contributed by atoms with Gasteiger partial charge in [0.25, 0.3) is 0 Å². The highest BCUT2D eigenvalue weighted by Crippen LogP contribution is 2.30. The van der Waals surface area contributed by atoms with Crippen molar-refractivity contribution >= 4 is 28.5 Å². The molecule has 0 bridgehead atoms. The van der Waals surface area contributed by atoms with Crippen LogP contribution in [0.5, 0.6) is 0 Å². The van der Waals surface area contributed by atoms with Gasteiger partial charge in [0, 0.05) is 28.7 Å². The number of carbonyl (C=O) groups excluding carboxylic acids is 2. The van der Waals surface area contributed by atoms with Crippen LogP contribution in [0.3, 0.4) is 0 Å². The molecule has 1 amide bonds. The molecule has 1 aromatic carbocycles. The molecule has 1 aliphatic rings. The summed E-state index contributed by atoms with van der Waals surface area (Å²) in [6, 6.07) is 9.52. The average Bonchev–Trinajstić information content (AvgIpc) is 3.06. The summed E-state index contributed by atoms with van der Waals surface area (Å²) in [5, 5.41) is 7.68. The molecule has 19 heavy (non-hydrogen) atoms. The van der Waals surface area contributed by atoms with Crippen LogP contribution in [0, 0.1) is 0 Å². The molecule has 2 N–H and O–H groups in total. The topological polar surface area (TPSA) is 79.8 Å². The van der Waals surface area contributed by atoms with Crippen molar-refractivity contribution in [3.63, 3.8) is 0 Å². The monoisotopic (exact) mass is 252 g/mol. The van der Waals surface area contributed by atoms with Gasteiger partial charge in [-0.1, -0.05) is 18.2 Å². The van der Waals surface area contributed by atoms with Crippen LogP contribution in [0.15, 0.2) is 36.5 Å². The van der Waals surface area contributed by atoms with Crippen LogP contribution in [0.2, 0.25) is 0 Å². The van der Waals surface area contributed by atoms with E-state index in [4.69, 9.17) is 0 Å². The molecule has 0 atom stereocenters. The number of nitrogens with zero attached hydrogens (tertiary/aromatic N) is 2. The maximum absolute atomic E-state index is 11.5. The van der Waals surface area contributed by atoms with Crippen molar-refractivity contribution in [3.8, 4) is 11.3 Å². The maximum Gasteiger partial charge on any atom is 0.338 e. The zero-order valence-corrected chi connectivity index (χ0v) is 9.68. The maximum atomic E-state index is 11.5. The number of amides is 1. The molecule has 3 heterocycles. The van der Waals surface area contributed by atoms with E-state index in [1.165, 1.54) is 0 Å². The van der Waals surface area contributed by atoms with Crippen LogP contribution in [-0.4, -0.2) is 26.6 Å². The lowest BCUT2D eigenvalue weighted by molar-refractivity contribution is -0.112. The Bertz CT molecular complexity index is 843. The first-order chi connectivity index (χ1) is 9.24. The van der Waals surface area contributed by atoms with Crippen molar-refractivity contribution in [3.05, 3.63) is 36.5 Å². The van der Waals surface area contributed by atoms with Crippen molar-refractivity contribution in [2.45, 2.75) is 0 Å².